The standard InChI is InChI=1S/C9H13N/c1-8(2)5-6-9-4-3-7-10-9/h3,5-7,10H,4H2,1-2H3/b9-6+. The molecule has 0 radical (unpaired) electrons. The van der Waals surface area contributed by atoms with Crippen LogP contribution in [0.3, 0.4) is 0 Å². The molecule has 0 aliphatic carbocycles. The van der Waals surface area contributed by atoms with Gasteiger partial charge in [0.25, 0.3) is 0 Å². The number of hydrogen-bond acceptors (Lipinski definition) is 1. The molecule has 0 bridgehead atoms. The molecule has 0 saturated heterocycles. The average Bonchev–Trinajstić information content (AvgIpc) is 2.34. The normalized spacial score (nSPS) is 19.2. The zero-order valence-electron chi connectivity index (χ0n) is 6.52. The van der Waals surface area contributed by atoms with Crippen LogP contribution in [0.2, 0.25) is 0 Å². The van der Waals surface area contributed by atoms with E-state index in [9.17, 15) is 0 Å². The zero-order chi connectivity index (χ0) is 7.40. The SMILES string of the molecule is CC(C)=C/C=C1\CC=CN1. The van der Waals surface area contributed by atoms with E-state index in [1.807, 2.05) is 6.20 Å². The highest BCUT2D eigenvalue weighted by atomic mass is 14.9. The molecule has 0 aromatic heterocycles. The topological polar surface area (TPSA) is 12.0 Å². The van der Waals surface area contributed by atoms with Crippen molar-refractivity contribution in [2.45, 2.75) is 20.3 Å². The molecule has 0 aromatic carbocycles. The molecule has 0 fully saturated rings. The second kappa shape index (κ2) is 3.25. The third-order valence-corrected chi connectivity index (χ3v) is 1.34. The van der Waals surface area contributed by atoms with Crippen LogP contribution in [0.4, 0.5) is 0 Å². The lowest BCUT2D eigenvalue weighted by atomic mass is 10.2. The summed E-state index contributed by atoms with van der Waals surface area (Å²) in [5.74, 6) is 0. The Balaban J connectivity index is 2.49. The summed E-state index contributed by atoms with van der Waals surface area (Å²) in [5, 5.41) is 3.15. The van der Waals surface area contributed by atoms with E-state index in [2.05, 4.69) is 37.4 Å². The zero-order valence-corrected chi connectivity index (χ0v) is 6.52. The van der Waals surface area contributed by atoms with Crippen LogP contribution >= 0.6 is 0 Å². The molecule has 1 N–H and O–H groups in total. The third kappa shape index (κ3) is 2.09. The Morgan fingerprint density at radius 2 is 2.40 bits per heavy atom. The van der Waals surface area contributed by atoms with Gasteiger partial charge in [-0.25, -0.2) is 0 Å². The van der Waals surface area contributed by atoms with Gasteiger partial charge in [0.2, 0.25) is 0 Å². The maximum atomic E-state index is 3.15. The van der Waals surface area contributed by atoms with Crippen molar-refractivity contribution in [3.63, 3.8) is 0 Å². The van der Waals surface area contributed by atoms with Gasteiger partial charge >= 0.3 is 0 Å². The Hall–Kier alpha value is -0.980. The first-order valence-electron chi connectivity index (χ1n) is 3.54. The first-order valence-corrected chi connectivity index (χ1v) is 3.54. The number of hydrogen-bond donors (Lipinski definition) is 1. The molecule has 1 aliphatic rings. The fraction of sp³-hybridized carbons (Fsp3) is 0.333. The molecule has 1 nitrogen and oxygen atoms in total. The van der Waals surface area contributed by atoms with E-state index >= 15 is 0 Å². The van der Waals surface area contributed by atoms with E-state index in [1.165, 1.54) is 11.3 Å². The van der Waals surface area contributed by atoms with Crippen molar-refractivity contribution in [2.75, 3.05) is 0 Å². The van der Waals surface area contributed by atoms with Crippen molar-refractivity contribution in [3.8, 4) is 0 Å². The van der Waals surface area contributed by atoms with Crippen LogP contribution in [0.1, 0.15) is 20.3 Å². The van der Waals surface area contributed by atoms with Crippen LogP contribution in [0.5, 0.6) is 0 Å². The average molecular weight is 135 g/mol. The summed E-state index contributed by atoms with van der Waals surface area (Å²) in [6.45, 7) is 4.19. The monoisotopic (exact) mass is 135 g/mol. The lowest BCUT2D eigenvalue weighted by Crippen LogP contribution is -1.95. The molecule has 0 amide bonds. The Kier molecular flexibility index (Phi) is 2.32. The van der Waals surface area contributed by atoms with Crippen molar-refractivity contribution < 1.29 is 0 Å². The minimum Gasteiger partial charge on any atom is -0.365 e. The van der Waals surface area contributed by atoms with Gasteiger partial charge in [0.1, 0.15) is 0 Å². The first kappa shape index (κ1) is 7.13. The van der Waals surface area contributed by atoms with E-state index in [1.54, 1.807) is 0 Å². The van der Waals surface area contributed by atoms with E-state index in [0.717, 1.165) is 6.42 Å². The molecule has 1 heteroatoms. The maximum absolute atomic E-state index is 3.15. The van der Waals surface area contributed by atoms with Crippen LogP contribution in [-0.4, -0.2) is 0 Å². The van der Waals surface area contributed by atoms with Crippen molar-refractivity contribution >= 4 is 0 Å². The summed E-state index contributed by atoms with van der Waals surface area (Å²) in [7, 11) is 0. The second-order valence-corrected chi connectivity index (χ2v) is 2.69. The molecule has 54 valence electrons. The quantitative estimate of drug-likeness (QED) is 0.582. The van der Waals surface area contributed by atoms with Crippen molar-refractivity contribution in [3.05, 3.63) is 35.7 Å². The summed E-state index contributed by atoms with van der Waals surface area (Å²) in [4.78, 5) is 0. The molecule has 10 heavy (non-hydrogen) atoms. The summed E-state index contributed by atoms with van der Waals surface area (Å²) in [5.41, 5.74) is 2.61. The highest BCUT2D eigenvalue weighted by Gasteiger charge is 1.94. The lowest BCUT2D eigenvalue weighted by molar-refractivity contribution is 1.07. The van der Waals surface area contributed by atoms with Gasteiger partial charge in [-0.3, -0.25) is 0 Å². The Morgan fingerprint density at radius 1 is 1.60 bits per heavy atom. The van der Waals surface area contributed by atoms with Crippen LogP contribution < -0.4 is 5.32 Å². The molecule has 0 atom stereocenters. The Bertz CT molecular complexity index is 183. The predicted molar refractivity (Wildman–Crippen MR) is 44.4 cm³/mol. The highest BCUT2D eigenvalue weighted by molar-refractivity contribution is 5.21. The summed E-state index contributed by atoms with van der Waals surface area (Å²) >= 11 is 0. The molecule has 0 aromatic rings. The molecule has 0 spiro atoms. The third-order valence-electron chi connectivity index (χ3n) is 1.34. The number of allylic oxidation sites excluding steroid dienone is 4. The maximum Gasteiger partial charge on any atom is 0.0185 e. The van der Waals surface area contributed by atoms with Crippen molar-refractivity contribution in [1.82, 2.24) is 5.32 Å². The van der Waals surface area contributed by atoms with Gasteiger partial charge in [-0.1, -0.05) is 17.7 Å². The minimum absolute atomic E-state index is 1.05. The van der Waals surface area contributed by atoms with Crippen LogP contribution in [-0.2, 0) is 0 Å². The smallest absolute Gasteiger partial charge is 0.0185 e. The number of nitrogens with one attached hydrogen (secondary N) is 1. The Morgan fingerprint density at radius 3 is 2.90 bits per heavy atom. The van der Waals surface area contributed by atoms with Gasteiger partial charge in [0, 0.05) is 12.1 Å². The summed E-state index contributed by atoms with van der Waals surface area (Å²) in [6, 6.07) is 0. The van der Waals surface area contributed by atoms with Gasteiger partial charge in [-0.15, -0.1) is 0 Å². The molecule has 1 rings (SSSR count). The molecule has 1 heterocycles. The molecule has 0 unspecified atom stereocenters. The predicted octanol–water partition coefficient (Wildman–Crippen LogP) is 2.34. The number of rotatable bonds is 1. The van der Waals surface area contributed by atoms with Crippen molar-refractivity contribution in [1.29, 1.82) is 0 Å². The van der Waals surface area contributed by atoms with Crippen molar-refractivity contribution in [2.24, 2.45) is 0 Å². The fourth-order valence-electron chi connectivity index (χ4n) is 0.794. The van der Waals surface area contributed by atoms with Crippen LogP contribution in [0.25, 0.3) is 0 Å². The second-order valence-electron chi connectivity index (χ2n) is 2.69. The van der Waals surface area contributed by atoms with Crippen LogP contribution in [0, 0.1) is 0 Å². The molecule has 1 aliphatic heterocycles. The molecular formula is C9H13N. The molecular weight excluding hydrogens is 122 g/mol. The first-order chi connectivity index (χ1) is 4.79. The van der Waals surface area contributed by atoms with Gasteiger partial charge < -0.3 is 5.32 Å². The summed E-state index contributed by atoms with van der Waals surface area (Å²) in [6.07, 6.45) is 9.38. The largest absolute Gasteiger partial charge is 0.365 e. The van der Waals surface area contributed by atoms with Gasteiger partial charge in [-0.2, -0.15) is 0 Å². The van der Waals surface area contributed by atoms with E-state index in [4.69, 9.17) is 0 Å². The fourth-order valence-corrected chi connectivity index (χ4v) is 0.794. The molecule has 0 saturated carbocycles. The van der Waals surface area contributed by atoms with Gasteiger partial charge in [-0.05, 0) is 26.1 Å². The van der Waals surface area contributed by atoms with Crippen LogP contribution in [0.15, 0.2) is 35.7 Å². The van der Waals surface area contributed by atoms with E-state index in [-0.39, 0.29) is 0 Å². The van der Waals surface area contributed by atoms with E-state index in [0.29, 0.717) is 0 Å². The van der Waals surface area contributed by atoms with Gasteiger partial charge in [0.05, 0.1) is 0 Å². The van der Waals surface area contributed by atoms with Gasteiger partial charge in [0.15, 0.2) is 0 Å². The minimum atomic E-state index is 1.05. The highest BCUT2D eigenvalue weighted by Crippen LogP contribution is 2.05. The Labute approximate surface area is 62.1 Å². The summed E-state index contributed by atoms with van der Waals surface area (Å²) < 4.78 is 0. The van der Waals surface area contributed by atoms with E-state index < -0.39 is 0 Å². The lowest BCUT2D eigenvalue weighted by Gasteiger charge is -1.93.